The molecular weight excluding hydrogens is 238 g/mol. The summed E-state index contributed by atoms with van der Waals surface area (Å²) < 4.78 is 0. The molecule has 2 N–H and O–H groups in total. The second-order valence-electron chi connectivity index (χ2n) is 5.29. The molecule has 0 spiro atoms. The van der Waals surface area contributed by atoms with Crippen LogP contribution in [0.15, 0.2) is 24.3 Å². The molecule has 1 unspecified atom stereocenters. The molecule has 1 rings (SSSR count). The van der Waals surface area contributed by atoms with Gasteiger partial charge in [0.05, 0.1) is 6.10 Å². The standard InChI is InChI=1S/C16H25NO2/c1-4-13-5-7-14(8-6-13)9-10-16(19)17-11-15(18)12(2)3/h5-8,12,15,18H,4,9-11H2,1-3H3,(H,17,19). The first kappa shape index (κ1) is 15.7. The molecule has 0 aliphatic rings. The molecule has 3 heteroatoms. The molecule has 106 valence electrons. The number of rotatable bonds is 7. The number of aliphatic hydroxyl groups is 1. The quantitative estimate of drug-likeness (QED) is 0.793. The molecule has 0 bridgehead atoms. The molecule has 0 saturated heterocycles. The minimum atomic E-state index is -0.465. The third kappa shape index (κ3) is 5.88. The highest BCUT2D eigenvalue weighted by atomic mass is 16.3. The van der Waals surface area contributed by atoms with Crippen molar-refractivity contribution in [1.82, 2.24) is 5.32 Å². The van der Waals surface area contributed by atoms with Crippen molar-refractivity contribution >= 4 is 5.91 Å². The van der Waals surface area contributed by atoms with Crippen molar-refractivity contribution in [3.8, 4) is 0 Å². The Morgan fingerprint density at radius 2 is 1.79 bits per heavy atom. The summed E-state index contributed by atoms with van der Waals surface area (Å²) in [4.78, 5) is 11.6. The molecule has 1 aromatic carbocycles. The number of aryl methyl sites for hydroxylation is 2. The van der Waals surface area contributed by atoms with Crippen molar-refractivity contribution in [3.05, 3.63) is 35.4 Å². The number of aliphatic hydroxyl groups excluding tert-OH is 1. The summed E-state index contributed by atoms with van der Waals surface area (Å²) in [5.74, 6) is 0.168. The molecule has 1 amide bonds. The van der Waals surface area contributed by atoms with Crippen LogP contribution in [0.2, 0.25) is 0 Å². The number of hydrogen-bond acceptors (Lipinski definition) is 2. The van der Waals surface area contributed by atoms with Crippen molar-refractivity contribution in [2.75, 3.05) is 6.54 Å². The highest BCUT2D eigenvalue weighted by molar-refractivity contribution is 5.76. The Balaban J connectivity index is 2.29. The topological polar surface area (TPSA) is 49.3 Å². The smallest absolute Gasteiger partial charge is 0.220 e. The average Bonchev–Trinajstić information content (AvgIpc) is 2.42. The molecule has 0 saturated carbocycles. The second-order valence-corrected chi connectivity index (χ2v) is 5.29. The number of amides is 1. The van der Waals surface area contributed by atoms with Crippen molar-refractivity contribution in [2.45, 2.75) is 46.1 Å². The van der Waals surface area contributed by atoms with Crippen LogP contribution in [0.5, 0.6) is 0 Å². The lowest BCUT2D eigenvalue weighted by Gasteiger charge is -2.15. The van der Waals surface area contributed by atoms with E-state index in [4.69, 9.17) is 0 Å². The van der Waals surface area contributed by atoms with E-state index >= 15 is 0 Å². The Hall–Kier alpha value is -1.35. The van der Waals surface area contributed by atoms with E-state index in [9.17, 15) is 9.90 Å². The van der Waals surface area contributed by atoms with E-state index in [1.54, 1.807) is 0 Å². The van der Waals surface area contributed by atoms with Crippen molar-refractivity contribution in [3.63, 3.8) is 0 Å². The number of benzene rings is 1. The van der Waals surface area contributed by atoms with Crippen LogP contribution in [0.1, 0.15) is 38.3 Å². The van der Waals surface area contributed by atoms with Gasteiger partial charge in [0.1, 0.15) is 0 Å². The molecule has 0 radical (unpaired) electrons. The fourth-order valence-electron chi connectivity index (χ4n) is 1.74. The van der Waals surface area contributed by atoms with Crippen LogP contribution in [-0.4, -0.2) is 23.7 Å². The Bertz CT molecular complexity index is 384. The maximum absolute atomic E-state index is 11.6. The summed E-state index contributed by atoms with van der Waals surface area (Å²) in [6, 6.07) is 8.37. The first-order valence-electron chi connectivity index (χ1n) is 7.05. The van der Waals surface area contributed by atoms with Crippen molar-refractivity contribution < 1.29 is 9.90 Å². The molecule has 0 fully saturated rings. The van der Waals surface area contributed by atoms with Crippen LogP contribution in [0.4, 0.5) is 0 Å². The SMILES string of the molecule is CCc1ccc(CCC(=O)NCC(O)C(C)C)cc1. The van der Waals surface area contributed by atoms with Gasteiger partial charge >= 0.3 is 0 Å². The lowest BCUT2D eigenvalue weighted by Crippen LogP contribution is -2.34. The van der Waals surface area contributed by atoms with Gasteiger partial charge in [0.2, 0.25) is 5.91 Å². The van der Waals surface area contributed by atoms with Crippen molar-refractivity contribution in [1.29, 1.82) is 0 Å². The molecule has 1 aromatic rings. The minimum absolute atomic E-state index is 0.000678. The van der Waals surface area contributed by atoms with Crippen LogP contribution in [0, 0.1) is 5.92 Å². The van der Waals surface area contributed by atoms with E-state index < -0.39 is 6.10 Å². The molecule has 3 nitrogen and oxygen atoms in total. The summed E-state index contributed by atoms with van der Waals surface area (Å²) in [6.45, 7) is 6.34. The maximum atomic E-state index is 11.6. The van der Waals surface area contributed by atoms with Crippen LogP contribution >= 0.6 is 0 Å². The van der Waals surface area contributed by atoms with Gasteiger partial charge in [0, 0.05) is 13.0 Å². The van der Waals surface area contributed by atoms with Gasteiger partial charge in [-0.3, -0.25) is 4.79 Å². The molecule has 0 aliphatic carbocycles. The zero-order valence-electron chi connectivity index (χ0n) is 12.1. The zero-order chi connectivity index (χ0) is 14.3. The van der Waals surface area contributed by atoms with Gasteiger partial charge in [-0.2, -0.15) is 0 Å². The summed E-state index contributed by atoms with van der Waals surface area (Å²) in [6.07, 6.45) is 1.78. The highest BCUT2D eigenvalue weighted by Gasteiger charge is 2.10. The molecule has 0 aromatic heterocycles. The number of nitrogens with one attached hydrogen (secondary N) is 1. The first-order valence-corrected chi connectivity index (χ1v) is 7.05. The van der Waals surface area contributed by atoms with E-state index in [2.05, 4.69) is 36.5 Å². The normalized spacial score (nSPS) is 12.5. The predicted molar refractivity (Wildman–Crippen MR) is 78.0 cm³/mol. The maximum Gasteiger partial charge on any atom is 0.220 e. The van der Waals surface area contributed by atoms with E-state index in [-0.39, 0.29) is 11.8 Å². The van der Waals surface area contributed by atoms with Crippen LogP contribution in [0.25, 0.3) is 0 Å². The van der Waals surface area contributed by atoms with Gasteiger partial charge in [0.25, 0.3) is 0 Å². The lowest BCUT2D eigenvalue weighted by molar-refractivity contribution is -0.121. The van der Waals surface area contributed by atoms with Crippen LogP contribution in [0.3, 0.4) is 0 Å². The van der Waals surface area contributed by atoms with E-state index in [0.717, 1.165) is 12.8 Å². The van der Waals surface area contributed by atoms with Gasteiger partial charge < -0.3 is 10.4 Å². The van der Waals surface area contributed by atoms with Crippen LogP contribution in [-0.2, 0) is 17.6 Å². The Morgan fingerprint density at radius 1 is 1.21 bits per heavy atom. The highest BCUT2D eigenvalue weighted by Crippen LogP contribution is 2.07. The van der Waals surface area contributed by atoms with Gasteiger partial charge in [0.15, 0.2) is 0 Å². The van der Waals surface area contributed by atoms with E-state index in [1.807, 2.05) is 13.8 Å². The Kier molecular flexibility index (Phi) is 6.57. The summed E-state index contributed by atoms with van der Waals surface area (Å²) in [7, 11) is 0. The number of carbonyl (C=O) groups is 1. The minimum Gasteiger partial charge on any atom is -0.391 e. The fraction of sp³-hybridized carbons (Fsp3) is 0.562. The average molecular weight is 263 g/mol. The monoisotopic (exact) mass is 263 g/mol. The van der Waals surface area contributed by atoms with Gasteiger partial charge in [-0.1, -0.05) is 45.0 Å². The summed E-state index contributed by atoms with van der Waals surface area (Å²) >= 11 is 0. The zero-order valence-corrected chi connectivity index (χ0v) is 12.1. The fourth-order valence-corrected chi connectivity index (χ4v) is 1.74. The summed E-state index contributed by atoms with van der Waals surface area (Å²) in [5, 5.41) is 12.4. The molecule has 0 aliphatic heterocycles. The largest absolute Gasteiger partial charge is 0.391 e. The van der Waals surface area contributed by atoms with Crippen LogP contribution < -0.4 is 5.32 Å². The lowest BCUT2D eigenvalue weighted by atomic mass is 10.1. The molecular formula is C16H25NO2. The third-order valence-electron chi connectivity index (χ3n) is 3.35. The number of hydrogen-bond donors (Lipinski definition) is 2. The predicted octanol–water partition coefficient (Wildman–Crippen LogP) is 2.31. The van der Waals surface area contributed by atoms with E-state index in [1.165, 1.54) is 11.1 Å². The number of carbonyl (C=O) groups excluding carboxylic acids is 1. The molecule has 0 heterocycles. The van der Waals surface area contributed by atoms with Gasteiger partial charge in [-0.25, -0.2) is 0 Å². The Labute approximate surface area is 116 Å². The third-order valence-corrected chi connectivity index (χ3v) is 3.35. The van der Waals surface area contributed by atoms with Gasteiger partial charge in [-0.05, 0) is 29.9 Å². The Morgan fingerprint density at radius 3 is 2.32 bits per heavy atom. The molecule has 1 atom stereocenters. The van der Waals surface area contributed by atoms with Crippen molar-refractivity contribution in [2.24, 2.45) is 5.92 Å². The molecule has 19 heavy (non-hydrogen) atoms. The second kappa shape index (κ2) is 7.95. The van der Waals surface area contributed by atoms with E-state index in [0.29, 0.717) is 13.0 Å². The van der Waals surface area contributed by atoms with Gasteiger partial charge in [-0.15, -0.1) is 0 Å². The summed E-state index contributed by atoms with van der Waals surface area (Å²) in [5.41, 5.74) is 2.49. The first-order chi connectivity index (χ1) is 9.02.